The molecule has 2 aromatic heterocycles. The van der Waals surface area contributed by atoms with Gasteiger partial charge in [0.1, 0.15) is 14.2 Å². The first kappa shape index (κ1) is 22.2. The second-order valence-corrected chi connectivity index (χ2v) is 9.67. The SMILES string of the molecule is COc1cc(-c2cc(C(=O)NS(=O)(=O)c3cc(Cl)c(Cl)s3)[nH]n2)cc(OC)c1OC. The zero-order valence-electron chi connectivity index (χ0n) is 15.8. The van der Waals surface area contributed by atoms with Gasteiger partial charge in [0.15, 0.2) is 11.5 Å². The molecule has 3 rings (SSSR count). The first-order chi connectivity index (χ1) is 14.2. The molecule has 3 aromatic rings. The molecule has 0 radical (unpaired) electrons. The van der Waals surface area contributed by atoms with E-state index in [2.05, 4.69) is 10.2 Å². The number of H-pyrrole nitrogens is 1. The van der Waals surface area contributed by atoms with Crippen LogP contribution in [0.1, 0.15) is 10.5 Å². The van der Waals surface area contributed by atoms with E-state index in [4.69, 9.17) is 37.4 Å². The van der Waals surface area contributed by atoms with Gasteiger partial charge in [-0.15, -0.1) is 11.3 Å². The van der Waals surface area contributed by atoms with Crippen molar-refractivity contribution in [3.05, 3.63) is 39.3 Å². The number of benzene rings is 1. The quantitative estimate of drug-likeness (QED) is 0.517. The molecule has 1 amide bonds. The van der Waals surface area contributed by atoms with E-state index in [1.807, 2.05) is 4.72 Å². The number of thiophene rings is 1. The van der Waals surface area contributed by atoms with Crippen molar-refractivity contribution in [3.8, 4) is 28.5 Å². The van der Waals surface area contributed by atoms with Crippen LogP contribution in [0.15, 0.2) is 28.5 Å². The van der Waals surface area contributed by atoms with Gasteiger partial charge in [-0.25, -0.2) is 13.1 Å². The van der Waals surface area contributed by atoms with Crippen LogP contribution in [0.2, 0.25) is 9.36 Å². The third kappa shape index (κ3) is 4.33. The average molecular weight is 492 g/mol. The first-order valence-corrected chi connectivity index (χ1v) is 11.1. The average Bonchev–Trinajstić information content (AvgIpc) is 3.34. The molecule has 0 aliphatic heterocycles. The third-order valence-corrected chi connectivity index (χ3v) is 7.57. The first-order valence-electron chi connectivity index (χ1n) is 8.08. The van der Waals surface area contributed by atoms with Gasteiger partial charge in [-0.05, 0) is 24.3 Å². The molecule has 30 heavy (non-hydrogen) atoms. The molecule has 0 saturated heterocycles. The molecule has 0 aliphatic rings. The number of rotatable bonds is 7. The number of amides is 1. The van der Waals surface area contributed by atoms with Crippen molar-refractivity contribution in [3.63, 3.8) is 0 Å². The Balaban J connectivity index is 1.88. The fourth-order valence-corrected chi connectivity index (χ4v) is 5.35. The Morgan fingerprint density at radius 2 is 1.70 bits per heavy atom. The van der Waals surface area contributed by atoms with Gasteiger partial charge < -0.3 is 14.2 Å². The van der Waals surface area contributed by atoms with Gasteiger partial charge in [0.05, 0.1) is 32.0 Å². The topological polar surface area (TPSA) is 120 Å². The molecule has 2 N–H and O–H groups in total. The maximum Gasteiger partial charge on any atom is 0.283 e. The molecule has 0 saturated carbocycles. The fourth-order valence-electron chi connectivity index (χ4n) is 2.50. The van der Waals surface area contributed by atoms with Crippen LogP contribution in [-0.4, -0.2) is 45.9 Å². The minimum Gasteiger partial charge on any atom is -0.493 e. The summed E-state index contributed by atoms with van der Waals surface area (Å²) in [6.07, 6.45) is 0. The number of sulfonamides is 1. The van der Waals surface area contributed by atoms with E-state index in [1.54, 1.807) is 12.1 Å². The Kier molecular flexibility index (Phi) is 6.46. The molecule has 160 valence electrons. The number of aromatic nitrogens is 2. The molecule has 0 spiro atoms. The zero-order valence-corrected chi connectivity index (χ0v) is 18.9. The lowest BCUT2D eigenvalue weighted by Crippen LogP contribution is -2.30. The maximum absolute atomic E-state index is 12.4. The molecule has 2 heterocycles. The second kappa shape index (κ2) is 8.72. The van der Waals surface area contributed by atoms with Crippen LogP contribution < -0.4 is 18.9 Å². The highest BCUT2D eigenvalue weighted by atomic mass is 35.5. The van der Waals surface area contributed by atoms with Gasteiger partial charge >= 0.3 is 0 Å². The fraction of sp³-hybridized carbons (Fsp3) is 0.176. The van der Waals surface area contributed by atoms with Crippen molar-refractivity contribution in [2.45, 2.75) is 4.21 Å². The Hall–Kier alpha value is -2.47. The number of carbonyl (C=O) groups is 1. The van der Waals surface area contributed by atoms with Gasteiger partial charge in [0.2, 0.25) is 5.75 Å². The minimum atomic E-state index is -4.15. The largest absolute Gasteiger partial charge is 0.493 e. The Labute approximate surface area is 185 Å². The summed E-state index contributed by atoms with van der Waals surface area (Å²) in [5.41, 5.74) is 0.842. The van der Waals surface area contributed by atoms with Crippen LogP contribution in [0.25, 0.3) is 11.3 Å². The van der Waals surface area contributed by atoms with Crippen molar-refractivity contribution in [1.82, 2.24) is 14.9 Å². The Morgan fingerprint density at radius 3 is 2.20 bits per heavy atom. The van der Waals surface area contributed by atoms with Crippen LogP contribution in [0.3, 0.4) is 0 Å². The highest BCUT2D eigenvalue weighted by molar-refractivity contribution is 7.92. The normalized spacial score (nSPS) is 11.2. The van der Waals surface area contributed by atoms with Crippen molar-refractivity contribution < 1.29 is 27.4 Å². The second-order valence-electron chi connectivity index (χ2n) is 5.70. The van der Waals surface area contributed by atoms with E-state index in [9.17, 15) is 13.2 Å². The number of nitrogens with one attached hydrogen (secondary N) is 2. The van der Waals surface area contributed by atoms with Gasteiger partial charge in [0, 0.05) is 5.56 Å². The Bertz CT molecular complexity index is 1160. The molecule has 0 atom stereocenters. The monoisotopic (exact) mass is 491 g/mol. The summed E-state index contributed by atoms with van der Waals surface area (Å²) in [6.45, 7) is 0. The van der Waals surface area contributed by atoms with Crippen LogP contribution in [0.5, 0.6) is 17.2 Å². The van der Waals surface area contributed by atoms with Crippen LogP contribution in [0.4, 0.5) is 0 Å². The summed E-state index contributed by atoms with van der Waals surface area (Å²) in [7, 11) is 0.270. The van der Waals surface area contributed by atoms with Crippen molar-refractivity contribution in [2.75, 3.05) is 21.3 Å². The van der Waals surface area contributed by atoms with Crippen molar-refractivity contribution in [2.24, 2.45) is 0 Å². The van der Waals surface area contributed by atoms with E-state index in [0.717, 1.165) is 11.3 Å². The number of nitrogens with zero attached hydrogens (tertiary/aromatic N) is 1. The molecular weight excluding hydrogens is 477 g/mol. The van der Waals surface area contributed by atoms with E-state index in [1.165, 1.54) is 33.5 Å². The van der Waals surface area contributed by atoms with Crippen molar-refractivity contribution in [1.29, 1.82) is 0 Å². The van der Waals surface area contributed by atoms with Gasteiger partial charge in [-0.2, -0.15) is 5.10 Å². The number of carbonyl (C=O) groups excluding carboxylic acids is 1. The van der Waals surface area contributed by atoms with Gasteiger partial charge in [-0.3, -0.25) is 9.89 Å². The van der Waals surface area contributed by atoms with E-state index >= 15 is 0 Å². The lowest BCUT2D eigenvalue weighted by molar-refractivity contribution is 0.0976. The highest BCUT2D eigenvalue weighted by Gasteiger charge is 2.24. The number of halogens is 2. The zero-order chi connectivity index (χ0) is 22.1. The Morgan fingerprint density at radius 1 is 1.07 bits per heavy atom. The van der Waals surface area contributed by atoms with E-state index < -0.39 is 15.9 Å². The van der Waals surface area contributed by atoms with Crippen LogP contribution in [-0.2, 0) is 10.0 Å². The standard InChI is InChI=1S/C17H15Cl2N3O6S2/c1-26-12-4-8(5-13(27-2)15(12)28-3)10-7-11(21-20-10)17(23)22-30(24,25)14-6-9(18)16(19)29-14/h4-7H,1-3H3,(H,20,21)(H,22,23). The maximum atomic E-state index is 12.4. The minimum absolute atomic E-state index is 0.0731. The van der Waals surface area contributed by atoms with Crippen LogP contribution >= 0.6 is 34.5 Å². The predicted octanol–water partition coefficient (Wildman–Crippen LogP) is 3.59. The smallest absolute Gasteiger partial charge is 0.283 e. The molecule has 9 nitrogen and oxygen atoms in total. The number of aromatic amines is 1. The number of hydrogen-bond acceptors (Lipinski definition) is 8. The van der Waals surface area contributed by atoms with Crippen LogP contribution in [0, 0.1) is 0 Å². The predicted molar refractivity (Wildman–Crippen MR) is 113 cm³/mol. The van der Waals surface area contributed by atoms with Gasteiger partial charge in [0.25, 0.3) is 15.9 Å². The summed E-state index contributed by atoms with van der Waals surface area (Å²) >= 11 is 12.3. The van der Waals surface area contributed by atoms with E-state index in [0.29, 0.717) is 28.5 Å². The number of ether oxygens (including phenoxy) is 3. The molecule has 0 unspecified atom stereocenters. The summed E-state index contributed by atoms with van der Waals surface area (Å²) in [4.78, 5) is 12.4. The van der Waals surface area contributed by atoms with Gasteiger partial charge in [-0.1, -0.05) is 23.2 Å². The lowest BCUT2D eigenvalue weighted by Gasteiger charge is -2.13. The molecule has 1 aromatic carbocycles. The lowest BCUT2D eigenvalue weighted by atomic mass is 10.1. The summed E-state index contributed by atoms with van der Waals surface area (Å²) in [5.74, 6) is 0.295. The molecule has 0 fully saturated rings. The van der Waals surface area contributed by atoms with Crippen molar-refractivity contribution >= 4 is 50.5 Å². The van der Waals surface area contributed by atoms with E-state index in [-0.39, 0.29) is 19.3 Å². The summed E-state index contributed by atoms with van der Waals surface area (Å²) < 4.78 is 42.5. The number of methoxy groups -OCH3 is 3. The molecule has 0 bridgehead atoms. The molecular formula is C17H15Cl2N3O6S2. The number of hydrogen-bond donors (Lipinski definition) is 2. The summed E-state index contributed by atoms with van der Waals surface area (Å²) in [6, 6.07) is 5.84. The molecule has 13 heteroatoms. The highest BCUT2D eigenvalue weighted by Crippen LogP contribution is 2.41. The molecule has 0 aliphatic carbocycles. The summed E-state index contributed by atoms with van der Waals surface area (Å²) in [5, 5.41) is 6.66. The third-order valence-electron chi connectivity index (χ3n) is 3.90.